The maximum Gasteiger partial charge on any atom is 0.510 e. The van der Waals surface area contributed by atoms with E-state index < -0.39 is 30.8 Å². The van der Waals surface area contributed by atoms with E-state index in [1.807, 2.05) is 6.07 Å². The topological polar surface area (TPSA) is 74.3 Å². The van der Waals surface area contributed by atoms with Crippen LogP contribution in [0.4, 0.5) is 18.4 Å². The summed E-state index contributed by atoms with van der Waals surface area (Å²) in [5.41, 5.74) is 0.113. The predicted molar refractivity (Wildman–Crippen MR) is 99.1 cm³/mol. The van der Waals surface area contributed by atoms with Crippen LogP contribution in [0.15, 0.2) is 30.3 Å². The first-order valence-corrected chi connectivity index (χ1v) is 9.41. The Kier molecular flexibility index (Phi) is 8.19. The lowest BCUT2D eigenvalue weighted by Crippen LogP contribution is -2.35. The normalized spacial score (nSPS) is 17.9. The number of rotatable bonds is 7. The van der Waals surface area contributed by atoms with Crippen LogP contribution in [-0.2, 0) is 25.6 Å². The maximum absolute atomic E-state index is 12.7. The van der Waals surface area contributed by atoms with Gasteiger partial charge < -0.3 is 19.1 Å². The van der Waals surface area contributed by atoms with Gasteiger partial charge in [0.15, 0.2) is 0 Å². The van der Waals surface area contributed by atoms with Gasteiger partial charge in [0.25, 0.3) is 0 Å². The molecule has 1 fully saturated rings. The van der Waals surface area contributed by atoms with Gasteiger partial charge in [0, 0.05) is 19.5 Å². The largest absolute Gasteiger partial charge is 0.510 e. The van der Waals surface area contributed by atoms with E-state index in [0.29, 0.717) is 19.5 Å². The average molecular weight is 415 g/mol. The van der Waals surface area contributed by atoms with E-state index in [-0.39, 0.29) is 18.9 Å². The standard InChI is InChI=1S/C20H27F2NO6/c1-20(2,3)29-18(24)23-10-9-15(12-23)11-16(27-17(21)22)28-19(25)26-13-14-7-5-4-6-8-14/h4-8,15-17H,9-13H2,1-3H3/t15-,16?/m1/s1. The van der Waals surface area contributed by atoms with Crippen molar-refractivity contribution in [3.05, 3.63) is 35.9 Å². The Hall–Kier alpha value is -2.42. The Morgan fingerprint density at radius 2 is 1.90 bits per heavy atom. The first-order chi connectivity index (χ1) is 13.6. The first kappa shape index (κ1) is 22.9. The van der Waals surface area contributed by atoms with E-state index in [0.717, 1.165) is 5.56 Å². The molecule has 0 aromatic heterocycles. The second kappa shape index (κ2) is 10.4. The molecule has 1 heterocycles. The zero-order valence-corrected chi connectivity index (χ0v) is 16.8. The first-order valence-electron chi connectivity index (χ1n) is 9.41. The van der Waals surface area contributed by atoms with Gasteiger partial charge in [-0.1, -0.05) is 30.3 Å². The summed E-state index contributed by atoms with van der Waals surface area (Å²) >= 11 is 0. The Morgan fingerprint density at radius 1 is 1.21 bits per heavy atom. The molecule has 1 aromatic carbocycles. The number of amides is 1. The SMILES string of the molecule is CC(C)(C)OC(=O)N1CC[C@H](CC(OC(=O)OCc2ccccc2)OC(F)F)C1. The molecule has 1 saturated heterocycles. The van der Waals surface area contributed by atoms with E-state index in [1.54, 1.807) is 45.0 Å². The average Bonchev–Trinajstić information content (AvgIpc) is 3.07. The van der Waals surface area contributed by atoms with Crippen LogP contribution in [0.25, 0.3) is 0 Å². The molecular weight excluding hydrogens is 388 g/mol. The number of carbonyl (C=O) groups excluding carboxylic acids is 2. The van der Waals surface area contributed by atoms with Crippen molar-refractivity contribution < 1.29 is 37.3 Å². The Bertz CT molecular complexity index is 665. The molecule has 162 valence electrons. The van der Waals surface area contributed by atoms with Crippen molar-refractivity contribution in [1.29, 1.82) is 0 Å². The van der Waals surface area contributed by atoms with Crippen molar-refractivity contribution in [2.75, 3.05) is 13.1 Å². The number of ether oxygens (including phenoxy) is 4. The molecule has 0 radical (unpaired) electrons. The van der Waals surface area contributed by atoms with Crippen LogP contribution < -0.4 is 0 Å². The van der Waals surface area contributed by atoms with Crippen LogP contribution in [0.2, 0.25) is 0 Å². The highest BCUT2D eigenvalue weighted by Crippen LogP contribution is 2.25. The number of halogens is 2. The van der Waals surface area contributed by atoms with E-state index in [4.69, 9.17) is 14.2 Å². The van der Waals surface area contributed by atoms with Crippen LogP contribution in [0, 0.1) is 5.92 Å². The van der Waals surface area contributed by atoms with Crippen molar-refractivity contribution >= 4 is 12.2 Å². The summed E-state index contributed by atoms with van der Waals surface area (Å²) in [6.07, 6.45) is -2.45. The highest BCUT2D eigenvalue weighted by molar-refractivity contribution is 5.68. The summed E-state index contributed by atoms with van der Waals surface area (Å²) in [4.78, 5) is 25.5. The van der Waals surface area contributed by atoms with Crippen molar-refractivity contribution in [3.63, 3.8) is 0 Å². The lowest BCUT2D eigenvalue weighted by Gasteiger charge is -2.25. The van der Waals surface area contributed by atoms with Crippen LogP contribution in [-0.4, -0.2) is 48.7 Å². The molecule has 0 N–H and O–H groups in total. The molecule has 1 unspecified atom stereocenters. The van der Waals surface area contributed by atoms with Gasteiger partial charge in [0.05, 0.1) is 0 Å². The van der Waals surface area contributed by atoms with Gasteiger partial charge in [-0.2, -0.15) is 8.78 Å². The molecular formula is C20H27F2NO6. The quantitative estimate of drug-likeness (QED) is 0.480. The van der Waals surface area contributed by atoms with E-state index in [2.05, 4.69) is 4.74 Å². The molecule has 0 aliphatic carbocycles. The van der Waals surface area contributed by atoms with Crippen molar-refractivity contribution in [2.24, 2.45) is 5.92 Å². The summed E-state index contributed by atoms with van der Waals surface area (Å²) < 4.78 is 45.0. The van der Waals surface area contributed by atoms with Crippen molar-refractivity contribution in [1.82, 2.24) is 4.90 Å². The summed E-state index contributed by atoms with van der Waals surface area (Å²) in [5.74, 6) is -0.173. The maximum atomic E-state index is 12.7. The zero-order chi connectivity index (χ0) is 21.4. The third-order valence-electron chi connectivity index (χ3n) is 4.15. The third kappa shape index (κ3) is 8.64. The highest BCUT2D eigenvalue weighted by Gasteiger charge is 2.33. The van der Waals surface area contributed by atoms with Gasteiger partial charge in [-0.25, -0.2) is 9.59 Å². The number of nitrogens with zero attached hydrogens (tertiary/aromatic N) is 1. The van der Waals surface area contributed by atoms with Gasteiger partial charge in [-0.05, 0) is 38.7 Å². The number of hydrogen-bond donors (Lipinski definition) is 0. The second-order valence-corrected chi connectivity index (χ2v) is 7.79. The molecule has 1 aliphatic rings. The predicted octanol–water partition coefficient (Wildman–Crippen LogP) is 4.55. The molecule has 1 aliphatic heterocycles. The van der Waals surface area contributed by atoms with Gasteiger partial charge in [0.1, 0.15) is 12.2 Å². The van der Waals surface area contributed by atoms with Gasteiger partial charge >= 0.3 is 18.9 Å². The van der Waals surface area contributed by atoms with E-state index >= 15 is 0 Å². The van der Waals surface area contributed by atoms with Gasteiger partial charge in [0.2, 0.25) is 6.29 Å². The molecule has 9 heteroatoms. The number of carbonyl (C=O) groups is 2. The number of benzene rings is 1. The Morgan fingerprint density at radius 3 is 2.52 bits per heavy atom. The fourth-order valence-electron chi connectivity index (χ4n) is 2.89. The van der Waals surface area contributed by atoms with Crippen LogP contribution in [0.3, 0.4) is 0 Å². The molecule has 1 amide bonds. The minimum absolute atomic E-state index is 0.0179. The second-order valence-electron chi connectivity index (χ2n) is 7.79. The van der Waals surface area contributed by atoms with E-state index in [9.17, 15) is 18.4 Å². The summed E-state index contributed by atoms with van der Waals surface area (Å²) in [5, 5.41) is 0. The fraction of sp³-hybridized carbons (Fsp3) is 0.600. The molecule has 0 spiro atoms. The van der Waals surface area contributed by atoms with Crippen LogP contribution >= 0.6 is 0 Å². The van der Waals surface area contributed by atoms with E-state index in [1.165, 1.54) is 4.90 Å². The minimum Gasteiger partial charge on any atom is -0.444 e. The summed E-state index contributed by atoms with van der Waals surface area (Å²) in [6, 6.07) is 8.89. The lowest BCUT2D eigenvalue weighted by molar-refractivity contribution is -0.236. The van der Waals surface area contributed by atoms with Gasteiger partial charge in [-0.3, -0.25) is 4.74 Å². The summed E-state index contributed by atoms with van der Waals surface area (Å²) in [6.45, 7) is 2.88. The van der Waals surface area contributed by atoms with Gasteiger partial charge in [-0.15, -0.1) is 0 Å². The highest BCUT2D eigenvalue weighted by atomic mass is 19.3. The monoisotopic (exact) mass is 415 g/mol. The fourth-order valence-corrected chi connectivity index (χ4v) is 2.89. The molecule has 0 bridgehead atoms. The Balaban J connectivity index is 1.83. The molecule has 29 heavy (non-hydrogen) atoms. The molecule has 2 rings (SSSR count). The number of hydrogen-bond acceptors (Lipinski definition) is 6. The van der Waals surface area contributed by atoms with Crippen molar-refractivity contribution in [3.8, 4) is 0 Å². The lowest BCUT2D eigenvalue weighted by atomic mass is 10.1. The van der Waals surface area contributed by atoms with Crippen LogP contribution in [0.1, 0.15) is 39.2 Å². The third-order valence-corrected chi connectivity index (χ3v) is 4.15. The summed E-state index contributed by atoms with van der Waals surface area (Å²) in [7, 11) is 0. The molecule has 2 atom stereocenters. The minimum atomic E-state index is -3.11. The van der Waals surface area contributed by atoms with Crippen molar-refractivity contribution in [2.45, 2.75) is 58.7 Å². The zero-order valence-electron chi connectivity index (χ0n) is 16.8. The van der Waals surface area contributed by atoms with Crippen LogP contribution in [0.5, 0.6) is 0 Å². The molecule has 0 saturated carbocycles. The molecule has 7 nitrogen and oxygen atoms in total. The number of likely N-dealkylation sites (tertiary alicyclic amines) is 1. The smallest absolute Gasteiger partial charge is 0.444 e. The Labute approximate surface area is 168 Å². The molecule has 1 aromatic rings. The number of alkyl halides is 2.